The summed E-state index contributed by atoms with van der Waals surface area (Å²) in [5.74, 6) is -0.00603. The smallest absolute Gasteiger partial charge is 0.281 e. The summed E-state index contributed by atoms with van der Waals surface area (Å²) in [6.45, 7) is 0.0616. The van der Waals surface area contributed by atoms with Crippen molar-refractivity contribution in [3.63, 3.8) is 0 Å². The van der Waals surface area contributed by atoms with Crippen LogP contribution in [0.3, 0.4) is 0 Å². The second-order valence-electron chi connectivity index (χ2n) is 7.24. The first-order valence-corrected chi connectivity index (χ1v) is 10.7. The molecule has 2 heterocycles. The molecule has 0 saturated carbocycles. The number of nitrogens with zero attached hydrogens (tertiary/aromatic N) is 2. The van der Waals surface area contributed by atoms with E-state index in [0.29, 0.717) is 16.4 Å². The van der Waals surface area contributed by atoms with Crippen molar-refractivity contribution in [2.45, 2.75) is 6.04 Å². The molecule has 3 aromatic carbocycles. The highest BCUT2D eigenvalue weighted by molar-refractivity contribution is 7.20. The zero-order valence-corrected chi connectivity index (χ0v) is 17.6. The Bertz CT molecular complexity index is 1290. The lowest BCUT2D eigenvalue weighted by molar-refractivity contribution is -0.120. The maximum Gasteiger partial charge on any atom is 0.281 e. The summed E-state index contributed by atoms with van der Waals surface area (Å²) < 4.78 is 6.72. The van der Waals surface area contributed by atoms with Gasteiger partial charge >= 0.3 is 0 Å². The summed E-state index contributed by atoms with van der Waals surface area (Å²) in [4.78, 5) is 31.9. The van der Waals surface area contributed by atoms with Crippen LogP contribution in [0.1, 0.15) is 9.80 Å². The third-order valence-electron chi connectivity index (χ3n) is 5.26. The zero-order chi connectivity index (χ0) is 21.4. The molecule has 31 heavy (non-hydrogen) atoms. The molecule has 0 saturated heterocycles. The Hall–Kier alpha value is -3.71. The van der Waals surface area contributed by atoms with E-state index < -0.39 is 6.04 Å². The van der Waals surface area contributed by atoms with Crippen molar-refractivity contribution in [1.29, 1.82) is 0 Å². The van der Waals surface area contributed by atoms with Gasteiger partial charge in [-0.2, -0.15) is 0 Å². The van der Waals surface area contributed by atoms with Crippen LogP contribution >= 0.6 is 11.3 Å². The van der Waals surface area contributed by atoms with Gasteiger partial charge in [0.1, 0.15) is 18.4 Å². The largest absolute Gasteiger partial charge is 0.489 e. The third kappa shape index (κ3) is 3.53. The maximum absolute atomic E-state index is 13.0. The predicted octanol–water partition coefficient (Wildman–Crippen LogP) is 4.12. The molecule has 0 spiro atoms. The lowest BCUT2D eigenvalue weighted by atomic mass is 10.1. The molecule has 0 aliphatic carbocycles. The molecular weight excluding hydrogens is 410 g/mol. The minimum Gasteiger partial charge on any atom is -0.489 e. The van der Waals surface area contributed by atoms with Gasteiger partial charge in [0.05, 0.1) is 15.9 Å². The number of nitrogens with one attached hydrogen (secondary N) is 1. The van der Waals surface area contributed by atoms with E-state index in [2.05, 4.69) is 10.3 Å². The van der Waals surface area contributed by atoms with Gasteiger partial charge in [-0.3, -0.25) is 9.59 Å². The average molecular weight is 430 g/mol. The molecule has 0 bridgehead atoms. The third-order valence-corrected chi connectivity index (χ3v) is 6.36. The lowest BCUT2D eigenvalue weighted by Gasteiger charge is -2.19. The minimum absolute atomic E-state index is 0.0616. The van der Waals surface area contributed by atoms with Crippen molar-refractivity contribution >= 4 is 39.1 Å². The maximum atomic E-state index is 13.0. The van der Waals surface area contributed by atoms with Gasteiger partial charge in [-0.05, 0) is 23.8 Å². The van der Waals surface area contributed by atoms with E-state index in [1.54, 1.807) is 7.05 Å². The molecule has 154 valence electrons. The van der Waals surface area contributed by atoms with Gasteiger partial charge in [-0.1, -0.05) is 54.6 Å². The molecule has 1 atom stereocenters. The van der Waals surface area contributed by atoms with Crippen LogP contribution in [-0.4, -0.2) is 36.5 Å². The highest BCUT2D eigenvalue weighted by atomic mass is 32.1. The van der Waals surface area contributed by atoms with Crippen LogP contribution < -0.4 is 15.0 Å². The monoisotopic (exact) mass is 429 g/mol. The van der Waals surface area contributed by atoms with Gasteiger partial charge in [-0.15, -0.1) is 11.3 Å². The number of ether oxygens (including phenoxy) is 1. The number of rotatable bonds is 3. The van der Waals surface area contributed by atoms with Gasteiger partial charge in [0.25, 0.3) is 11.8 Å². The van der Waals surface area contributed by atoms with E-state index in [1.165, 1.54) is 16.2 Å². The van der Waals surface area contributed by atoms with E-state index in [1.807, 2.05) is 72.8 Å². The molecule has 0 radical (unpaired) electrons. The molecule has 7 heteroatoms. The molecule has 1 aliphatic heterocycles. The summed E-state index contributed by atoms with van der Waals surface area (Å²) in [6.07, 6.45) is 0. The number of hydrogen-bond acceptors (Lipinski definition) is 5. The summed E-state index contributed by atoms with van der Waals surface area (Å²) in [6, 6.07) is 22.3. The fraction of sp³-hybridized carbons (Fsp3) is 0.125. The Morgan fingerprint density at radius 3 is 2.68 bits per heavy atom. The van der Waals surface area contributed by atoms with Crippen molar-refractivity contribution < 1.29 is 14.3 Å². The quantitative estimate of drug-likeness (QED) is 0.532. The highest BCUT2D eigenvalue weighted by Gasteiger charge is 2.31. The van der Waals surface area contributed by atoms with Crippen LogP contribution in [0.2, 0.25) is 0 Å². The standard InChI is InChI=1S/C24H19N3O3S/c1-27-19-12-5-6-13-20(19)30-14-18(24(27)29)25-22(28)23-26-17-11-7-10-16(21(17)31-23)15-8-3-2-4-9-15/h2-13,18H,14H2,1H3,(H,25,28). The summed E-state index contributed by atoms with van der Waals surface area (Å²) in [7, 11) is 1.68. The number of likely N-dealkylation sites (N-methyl/N-ethyl adjacent to an activating group) is 1. The first-order chi connectivity index (χ1) is 15.1. The second kappa shape index (κ2) is 7.85. The lowest BCUT2D eigenvalue weighted by Crippen LogP contribution is -2.49. The van der Waals surface area contributed by atoms with E-state index >= 15 is 0 Å². The number of anilines is 1. The van der Waals surface area contributed by atoms with Crippen LogP contribution in [0.5, 0.6) is 5.75 Å². The van der Waals surface area contributed by atoms with Crippen LogP contribution in [0.15, 0.2) is 72.8 Å². The fourth-order valence-electron chi connectivity index (χ4n) is 3.67. The Labute approximate surface area is 183 Å². The topological polar surface area (TPSA) is 71.5 Å². The number of amides is 2. The molecule has 0 fully saturated rings. The molecule has 1 unspecified atom stereocenters. The second-order valence-corrected chi connectivity index (χ2v) is 8.24. The number of fused-ring (bicyclic) bond motifs is 2. The van der Waals surface area contributed by atoms with E-state index in [4.69, 9.17) is 4.74 Å². The minimum atomic E-state index is -0.800. The highest BCUT2D eigenvalue weighted by Crippen LogP contribution is 2.33. The van der Waals surface area contributed by atoms with Gasteiger partial charge in [0, 0.05) is 12.6 Å². The van der Waals surface area contributed by atoms with E-state index in [-0.39, 0.29) is 18.4 Å². The van der Waals surface area contributed by atoms with Gasteiger partial charge < -0.3 is 15.0 Å². The van der Waals surface area contributed by atoms with Crippen molar-refractivity contribution in [2.24, 2.45) is 0 Å². The SMILES string of the molecule is CN1C(=O)C(NC(=O)c2nc3cccc(-c4ccccc4)c3s2)COc2ccccc21. The molecule has 2 amide bonds. The van der Waals surface area contributed by atoms with Crippen molar-refractivity contribution in [3.8, 4) is 16.9 Å². The Balaban J connectivity index is 1.42. The number of hydrogen-bond donors (Lipinski definition) is 1. The average Bonchev–Trinajstić information content (AvgIpc) is 3.22. The number of benzene rings is 3. The summed E-state index contributed by atoms with van der Waals surface area (Å²) in [5, 5.41) is 3.12. The van der Waals surface area contributed by atoms with Gasteiger partial charge in [0.2, 0.25) is 0 Å². The first kappa shape index (κ1) is 19.3. The number of aromatic nitrogens is 1. The molecule has 6 nitrogen and oxygen atoms in total. The van der Waals surface area contributed by atoms with Gasteiger partial charge in [-0.25, -0.2) is 4.98 Å². The van der Waals surface area contributed by atoms with Gasteiger partial charge in [0.15, 0.2) is 5.01 Å². The van der Waals surface area contributed by atoms with E-state index in [0.717, 1.165) is 21.3 Å². The Morgan fingerprint density at radius 1 is 1.06 bits per heavy atom. The van der Waals surface area contributed by atoms with Crippen LogP contribution in [0.25, 0.3) is 21.3 Å². The van der Waals surface area contributed by atoms with Crippen LogP contribution in [0.4, 0.5) is 5.69 Å². The van der Waals surface area contributed by atoms with Crippen molar-refractivity contribution in [3.05, 3.63) is 77.8 Å². The Morgan fingerprint density at radius 2 is 1.84 bits per heavy atom. The molecular formula is C24H19N3O3S. The number of para-hydroxylation sites is 2. The fourth-order valence-corrected chi connectivity index (χ4v) is 4.67. The van der Waals surface area contributed by atoms with Crippen molar-refractivity contribution in [2.75, 3.05) is 18.6 Å². The van der Waals surface area contributed by atoms with Crippen LogP contribution in [-0.2, 0) is 4.79 Å². The number of carbonyl (C=O) groups excluding carboxylic acids is 2. The van der Waals surface area contributed by atoms with Crippen molar-refractivity contribution in [1.82, 2.24) is 10.3 Å². The molecule has 5 rings (SSSR count). The summed E-state index contributed by atoms with van der Waals surface area (Å²) >= 11 is 1.32. The molecule has 1 aromatic heterocycles. The normalized spacial score (nSPS) is 15.8. The van der Waals surface area contributed by atoms with Crippen LogP contribution in [0, 0.1) is 0 Å². The zero-order valence-electron chi connectivity index (χ0n) is 16.7. The van der Waals surface area contributed by atoms with E-state index in [9.17, 15) is 9.59 Å². The first-order valence-electron chi connectivity index (χ1n) is 9.87. The Kier molecular flexibility index (Phi) is 4.88. The number of thiazole rings is 1. The predicted molar refractivity (Wildman–Crippen MR) is 122 cm³/mol. The summed E-state index contributed by atoms with van der Waals surface area (Å²) in [5.41, 5.74) is 3.52. The molecule has 1 N–H and O–H groups in total. The molecule has 4 aromatic rings. The number of carbonyl (C=O) groups is 2. The molecule has 1 aliphatic rings.